The van der Waals surface area contributed by atoms with Crippen molar-refractivity contribution in [1.82, 2.24) is 10.2 Å². The molecule has 1 aromatic rings. The molecule has 21 heavy (non-hydrogen) atoms. The predicted octanol–water partition coefficient (Wildman–Crippen LogP) is 2.05. The van der Waals surface area contributed by atoms with Crippen molar-refractivity contribution >= 4 is 0 Å². The lowest BCUT2D eigenvalue weighted by Crippen LogP contribution is -2.49. The molecular weight excluding hydrogens is 264 g/mol. The van der Waals surface area contributed by atoms with Gasteiger partial charge in [-0.2, -0.15) is 0 Å². The summed E-state index contributed by atoms with van der Waals surface area (Å²) in [5, 5.41) is 13.2. The first-order valence-corrected chi connectivity index (χ1v) is 7.87. The third-order valence-electron chi connectivity index (χ3n) is 4.17. The number of aliphatic hydroxyl groups is 1. The van der Waals surface area contributed by atoms with Gasteiger partial charge in [0.15, 0.2) is 0 Å². The molecule has 1 atom stereocenters. The predicted molar refractivity (Wildman–Crippen MR) is 85.7 cm³/mol. The standard InChI is InChI=1S/C17H28N2O2/c1-4-21-15-7-5-14(6-8-15)16(17(2,3)13-20)19-11-9-18-10-12-19/h5-8,16,18,20H,4,9-13H2,1-3H3/t16-/m0/s1. The van der Waals surface area contributed by atoms with Gasteiger partial charge in [-0.1, -0.05) is 26.0 Å². The van der Waals surface area contributed by atoms with E-state index in [1.54, 1.807) is 0 Å². The van der Waals surface area contributed by atoms with Gasteiger partial charge in [-0.3, -0.25) is 4.90 Å². The van der Waals surface area contributed by atoms with Gasteiger partial charge in [0.2, 0.25) is 0 Å². The highest BCUT2D eigenvalue weighted by molar-refractivity contribution is 5.30. The summed E-state index contributed by atoms with van der Waals surface area (Å²) in [7, 11) is 0. The maximum Gasteiger partial charge on any atom is 0.119 e. The molecule has 0 bridgehead atoms. The molecular formula is C17H28N2O2. The Hall–Kier alpha value is -1.10. The maximum atomic E-state index is 9.83. The Bertz CT molecular complexity index is 425. The third-order valence-corrected chi connectivity index (χ3v) is 4.17. The summed E-state index contributed by atoms with van der Waals surface area (Å²) in [4.78, 5) is 2.47. The van der Waals surface area contributed by atoms with Crippen LogP contribution < -0.4 is 10.1 Å². The van der Waals surface area contributed by atoms with Gasteiger partial charge in [0, 0.05) is 44.2 Å². The minimum absolute atomic E-state index is 0.175. The van der Waals surface area contributed by atoms with E-state index in [0.717, 1.165) is 31.9 Å². The molecule has 1 fully saturated rings. The van der Waals surface area contributed by atoms with Gasteiger partial charge in [0.25, 0.3) is 0 Å². The van der Waals surface area contributed by atoms with Gasteiger partial charge in [-0.15, -0.1) is 0 Å². The van der Waals surface area contributed by atoms with E-state index in [1.807, 2.05) is 19.1 Å². The average Bonchev–Trinajstić information content (AvgIpc) is 2.50. The minimum Gasteiger partial charge on any atom is -0.494 e. The quantitative estimate of drug-likeness (QED) is 0.842. The first-order valence-electron chi connectivity index (χ1n) is 7.87. The summed E-state index contributed by atoms with van der Waals surface area (Å²) in [6.07, 6.45) is 0. The third kappa shape index (κ3) is 3.96. The van der Waals surface area contributed by atoms with Gasteiger partial charge in [0.1, 0.15) is 5.75 Å². The van der Waals surface area contributed by atoms with Crippen LogP contribution in [0.4, 0.5) is 0 Å². The van der Waals surface area contributed by atoms with Crippen molar-refractivity contribution in [3.05, 3.63) is 29.8 Å². The molecule has 1 saturated heterocycles. The number of nitrogens with one attached hydrogen (secondary N) is 1. The molecule has 0 unspecified atom stereocenters. The number of hydrogen-bond donors (Lipinski definition) is 2. The van der Waals surface area contributed by atoms with Crippen molar-refractivity contribution in [2.24, 2.45) is 5.41 Å². The second kappa shape index (κ2) is 7.25. The highest BCUT2D eigenvalue weighted by atomic mass is 16.5. The zero-order valence-electron chi connectivity index (χ0n) is 13.4. The van der Waals surface area contributed by atoms with Crippen LogP contribution in [0.25, 0.3) is 0 Å². The molecule has 2 N–H and O–H groups in total. The van der Waals surface area contributed by atoms with E-state index in [9.17, 15) is 5.11 Å². The van der Waals surface area contributed by atoms with Crippen LogP contribution in [0.15, 0.2) is 24.3 Å². The molecule has 0 spiro atoms. The van der Waals surface area contributed by atoms with Crippen LogP contribution in [0.3, 0.4) is 0 Å². The topological polar surface area (TPSA) is 44.7 Å². The fourth-order valence-corrected chi connectivity index (χ4v) is 3.10. The van der Waals surface area contributed by atoms with E-state index in [4.69, 9.17) is 4.74 Å². The van der Waals surface area contributed by atoms with E-state index in [-0.39, 0.29) is 18.1 Å². The van der Waals surface area contributed by atoms with E-state index >= 15 is 0 Å². The number of piperazine rings is 1. The van der Waals surface area contributed by atoms with E-state index in [2.05, 4.69) is 36.2 Å². The first kappa shape index (κ1) is 16.3. The number of rotatable bonds is 6. The number of nitrogens with zero attached hydrogens (tertiary/aromatic N) is 1. The summed E-state index contributed by atoms with van der Waals surface area (Å²) in [6.45, 7) is 11.2. The molecule has 1 aliphatic rings. The lowest BCUT2D eigenvalue weighted by atomic mass is 9.79. The number of benzene rings is 1. The summed E-state index contributed by atoms with van der Waals surface area (Å²) >= 11 is 0. The number of ether oxygens (including phenoxy) is 1. The molecule has 1 aliphatic heterocycles. The summed E-state index contributed by atoms with van der Waals surface area (Å²) in [5.74, 6) is 0.905. The average molecular weight is 292 g/mol. The van der Waals surface area contributed by atoms with Crippen LogP contribution in [0.1, 0.15) is 32.4 Å². The molecule has 4 heteroatoms. The van der Waals surface area contributed by atoms with Crippen molar-refractivity contribution < 1.29 is 9.84 Å². The Balaban J connectivity index is 2.25. The fraction of sp³-hybridized carbons (Fsp3) is 0.647. The lowest BCUT2D eigenvalue weighted by molar-refractivity contribution is 0.0305. The van der Waals surface area contributed by atoms with Crippen LogP contribution in [-0.2, 0) is 0 Å². The molecule has 0 aromatic heterocycles. The van der Waals surface area contributed by atoms with Gasteiger partial charge in [-0.05, 0) is 24.6 Å². The van der Waals surface area contributed by atoms with E-state index < -0.39 is 0 Å². The molecule has 4 nitrogen and oxygen atoms in total. The van der Waals surface area contributed by atoms with Crippen LogP contribution >= 0.6 is 0 Å². The number of hydrogen-bond acceptors (Lipinski definition) is 4. The van der Waals surface area contributed by atoms with Gasteiger partial charge < -0.3 is 15.2 Å². The smallest absolute Gasteiger partial charge is 0.119 e. The zero-order chi connectivity index (χ0) is 15.3. The highest BCUT2D eigenvalue weighted by Crippen LogP contribution is 2.38. The van der Waals surface area contributed by atoms with Crippen molar-refractivity contribution in [2.75, 3.05) is 39.4 Å². The lowest BCUT2D eigenvalue weighted by Gasteiger charge is -2.43. The molecule has 2 rings (SSSR count). The molecule has 118 valence electrons. The maximum absolute atomic E-state index is 9.83. The van der Waals surface area contributed by atoms with Gasteiger partial charge in [-0.25, -0.2) is 0 Å². The normalized spacial score (nSPS) is 18.5. The molecule has 1 aromatic carbocycles. The van der Waals surface area contributed by atoms with Crippen LogP contribution in [0.2, 0.25) is 0 Å². The zero-order valence-corrected chi connectivity index (χ0v) is 13.4. The largest absolute Gasteiger partial charge is 0.494 e. The first-order chi connectivity index (χ1) is 10.1. The Morgan fingerprint density at radius 1 is 1.24 bits per heavy atom. The Kier molecular flexibility index (Phi) is 5.62. The summed E-state index contributed by atoms with van der Waals surface area (Å²) in [6, 6.07) is 8.55. The van der Waals surface area contributed by atoms with Crippen molar-refractivity contribution in [3.8, 4) is 5.75 Å². The fourth-order valence-electron chi connectivity index (χ4n) is 3.10. The van der Waals surface area contributed by atoms with Crippen molar-refractivity contribution in [1.29, 1.82) is 0 Å². The monoisotopic (exact) mass is 292 g/mol. The molecule has 1 heterocycles. The van der Waals surface area contributed by atoms with Gasteiger partial charge in [0.05, 0.1) is 6.61 Å². The van der Waals surface area contributed by atoms with Crippen LogP contribution in [-0.4, -0.2) is 49.4 Å². The van der Waals surface area contributed by atoms with E-state index in [0.29, 0.717) is 6.61 Å². The van der Waals surface area contributed by atoms with Crippen LogP contribution in [0.5, 0.6) is 5.75 Å². The molecule has 0 saturated carbocycles. The Morgan fingerprint density at radius 3 is 2.38 bits per heavy atom. The second-order valence-electron chi connectivity index (χ2n) is 6.34. The summed E-state index contributed by atoms with van der Waals surface area (Å²) in [5.41, 5.74) is 1.07. The minimum atomic E-state index is -0.176. The summed E-state index contributed by atoms with van der Waals surface area (Å²) < 4.78 is 5.53. The molecule has 0 amide bonds. The van der Waals surface area contributed by atoms with Gasteiger partial charge >= 0.3 is 0 Å². The molecule has 0 aliphatic carbocycles. The SMILES string of the molecule is CCOc1ccc([C@H](N2CCNCC2)C(C)(C)CO)cc1. The highest BCUT2D eigenvalue weighted by Gasteiger charge is 2.35. The second-order valence-corrected chi connectivity index (χ2v) is 6.34. The Labute approximate surface area is 128 Å². The van der Waals surface area contributed by atoms with E-state index in [1.165, 1.54) is 5.56 Å². The number of aliphatic hydroxyl groups excluding tert-OH is 1. The Morgan fingerprint density at radius 2 is 1.86 bits per heavy atom. The van der Waals surface area contributed by atoms with Crippen molar-refractivity contribution in [3.63, 3.8) is 0 Å². The van der Waals surface area contributed by atoms with Crippen LogP contribution in [0, 0.1) is 5.41 Å². The molecule has 0 radical (unpaired) electrons. The van der Waals surface area contributed by atoms with Crippen molar-refractivity contribution in [2.45, 2.75) is 26.8 Å².